The normalized spacial score (nSPS) is 27.2. The van der Waals surface area contributed by atoms with Crippen LogP contribution >= 0.6 is 0 Å². The molecular weight excluding hydrogens is 524 g/mol. The van der Waals surface area contributed by atoms with Gasteiger partial charge >= 0.3 is 0 Å². The Morgan fingerprint density at radius 2 is 1.57 bits per heavy atom. The van der Waals surface area contributed by atoms with Gasteiger partial charge in [-0.15, -0.1) is 0 Å². The summed E-state index contributed by atoms with van der Waals surface area (Å²) in [7, 11) is -3.73. The average molecular weight is 559 g/mol. The van der Waals surface area contributed by atoms with Crippen LogP contribution in [-0.4, -0.2) is 35.1 Å². The molecular formula is C31H34N4O4S. The Morgan fingerprint density at radius 3 is 2.25 bits per heavy atom. The molecule has 3 aromatic rings. The Hall–Kier alpha value is -3.30. The molecule has 4 saturated carbocycles. The fraction of sp³-hybridized carbons (Fsp3) is 0.452. The molecule has 9 heteroatoms. The molecule has 0 atom stereocenters. The fourth-order valence-corrected chi connectivity index (χ4v) is 9.52. The number of benzene rings is 2. The number of amides is 1. The first-order valence-corrected chi connectivity index (χ1v) is 15.7. The molecule has 1 N–H and O–H groups in total. The smallest absolute Gasteiger partial charge is 0.243 e. The first-order valence-electron chi connectivity index (χ1n) is 14.3. The topological polar surface area (TPSA) is 101 Å². The number of fused-ring (bicyclic) bond motifs is 1. The molecule has 8 rings (SSSR count). The molecule has 0 unspecified atom stereocenters. The number of sulfonamides is 1. The minimum absolute atomic E-state index is 0.0238. The fourth-order valence-electron chi connectivity index (χ4n) is 8.12. The number of ether oxygens (including phenoxy) is 1. The number of nitrogens with one attached hydrogen (secondary N) is 1. The third kappa shape index (κ3) is 4.90. The molecule has 0 radical (unpaired) electrons. The van der Waals surface area contributed by atoms with Gasteiger partial charge in [0.1, 0.15) is 23.6 Å². The Morgan fingerprint density at radius 1 is 0.925 bits per heavy atom. The second-order valence-electron chi connectivity index (χ2n) is 12.3. The van der Waals surface area contributed by atoms with Crippen LogP contribution in [0.25, 0.3) is 0 Å². The number of nitrogens with zero attached hydrogens (tertiary/aromatic N) is 3. The quantitative estimate of drug-likeness (QED) is 0.407. The average Bonchev–Trinajstić information content (AvgIpc) is 2.93. The van der Waals surface area contributed by atoms with Crippen molar-refractivity contribution in [1.29, 1.82) is 0 Å². The maximum atomic E-state index is 13.5. The first kappa shape index (κ1) is 25.7. The van der Waals surface area contributed by atoms with Gasteiger partial charge in [-0.2, -0.15) is 4.31 Å². The molecule has 4 aliphatic carbocycles. The summed E-state index contributed by atoms with van der Waals surface area (Å²) in [6.45, 7) is 0.434. The zero-order chi connectivity index (χ0) is 27.3. The van der Waals surface area contributed by atoms with Gasteiger partial charge < -0.3 is 10.1 Å². The SMILES string of the molecule is O=C(CC12CC3CC(CC(C3)C1)C2)Nc1ncnc2c1CCN(S(=O)(=O)c1ccc(Oc3ccccc3)cc1)C2. The largest absolute Gasteiger partial charge is 0.457 e. The van der Waals surface area contributed by atoms with Crippen molar-refractivity contribution < 1.29 is 17.9 Å². The van der Waals surface area contributed by atoms with E-state index in [0.29, 0.717) is 42.4 Å². The van der Waals surface area contributed by atoms with Gasteiger partial charge in [-0.05, 0) is 105 Å². The number of carbonyl (C=O) groups is 1. The van der Waals surface area contributed by atoms with Crippen LogP contribution in [-0.2, 0) is 27.8 Å². The molecule has 1 aromatic heterocycles. The Bertz CT molecular complexity index is 1490. The lowest BCUT2D eigenvalue weighted by Crippen LogP contribution is -2.47. The minimum atomic E-state index is -3.73. The van der Waals surface area contributed by atoms with Gasteiger partial charge in [-0.1, -0.05) is 18.2 Å². The van der Waals surface area contributed by atoms with Crippen molar-refractivity contribution in [2.24, 2.45) is 23.2 Å². The van der Waals surface area contributed by atoms with Crippen molar-refractivity contribution in [2.45, 2.75) is 62.8 Å². The highest BCUT2D eigenvalue weighted by Crippen LogP contribution is 2.61. The molecule has 0 spiro atoms. The van der Waals surface area contributed by atoms with Crippen LogP contribution in [0, 0.1) is 23.2 Å². The van der Waals surface area contributed by atoms with Gasteiger partial charge in [0.25, 0.3) is 0 Å². The Kier molecular flexibility index (Phi) is 6.39. The van der Waals surface area contributed by atoms with Crippen LogP contribution in [0.1, 0.15) is 56.2 Å². The second kappa shape index (κ2) is 9.96. The lowest BCUT2D eigenvalue weighted by atomic mass is 9.49. The minimum Gasteiger partial charge on any atom is -0.457 e. The maximum Gasteiger partial charge on any atom is 0.243 e. The van der Waals surface area contributed by atoms with Crippen LogP contribution in [0.2, 0.25) is 0 Å². The molecule has 5 aliphatic rings. The maximum absolute atomic E-state index is 13.5. The van der Waals surface area contributed by atoms with Gasteiger partial charge in [0, 0.05) is 18.5 Å². The third-order valence-electron chi connectivity index (χ3n) is 9.37. The number of hydrogen-bond donors (Lipinski definition) is 1. The third-order valence-corrected chi connectivity index (χ3v) is 11.2. The first-order chi connectivity index (χ1) is 19.4. The number of hydrogen-bond acceptors (Lipinski definition) is 6. The summed E-state index contributed by atoms with van der Waals surface area (Å²) in [5, 5.41) is 3.08. The van der Waals surface area contributed by atoms with Gasteiger partial charge in [0.15, 0.2) is 0 Å². The van der Waals surface area contributed by atoms with Crippen molar-refractivity contribution >= 4 is 21.7 Å². The van der Waals surface area contributed by atoms with E-state index in [1.54, 1.807) is 24.3 Å². The zero-order valence-electron chi connectivity index (χ0n) is 22.5. The standard InChI is InChI=1S/C31H34N4O4S/c36-29(18-31-15-21-12-22(16-31)14-23(13-21)17-31)34-30-27-10-11-35(19-28(27)32-20-33-30)40(37,38)26-8-6-25(7-9-26)39-24-4-2-1-3-5-24/h1-9,20-23H,10-19H2,(H,32,33,34,36). The number of rotatable bonds is 7. The van der Waals surface area contributed by atoms with Gasteiger partial charge in [-0.25, -0.2) is 18.4 Å². The van der Waals surface area contributed by atoms with E-state index in [9.17, 15) is 13.2 Å². The highest BCUT2D eigenvalue weighted by Gasteiger charge is 2.51. The van der Waals surface area contributed by atoms with Crippen LogP contribution < -0.4 is 10.1 Å². The van der Waals surface area contributed by atoms with Gasteiger partial charge in [0.2, 0.25) is 15.9 Å². The van der Waals surface area contributed by atoms with E-state index >= 15 is 0 Å². The molecule has 208 valence electrons. The van der Waals surface area contributed by atoms with Crippen LogP contribution in [0.4, 0.5) is 5.82 Å². The van der Waals surface area contributed by atoms with Crippen molar-refractivity contribution in [3.8, 4) is 11.5 Å². The predicted octanol–water partition coefficient (Wildman–Crippen LogP) is 5.56. The van der Waals surface area contributed by atoms with Crippen molar-refractivity contribution in [3.63, 3.8) is 0 Å². The second-order valence-corrected chi connectivity index (χ2v) is 14.2. The molecule has 2 aromatic carbocycles. The van der Waals surface area contributed by atoms with E-state index in [0.717, 1.165) is 23.3 Å². The Labute approximate surface area is 235 Å². The number of carbonyl (C=O) groups excluding carboxylic acids is 1. The molecule has 2 heterocycles. The van der Waals surface area contributed by atoms with Crippen molar-refractivity contribution in [1.82, 2.24) is 14.3 Å². The van der Waals surface area contributed by atoms with E-state index in [1.807, 2.05) is 30.3 Å². The van der Waals surface area contributed by atoms with E-state index < -0.39 is 10.0 Å². The van der Waals surface area contributed by atoms with Crippen molar-refractivity contribution in [2.75, 3.05) is 11.9 Å². The summed E-state index contributed by atoms with van der Waals surface area (Å²) in [4.78, 5) is 22.2. The van der Waals surface area contributed by atoms with E-state index in [-0.39, 0.29) is 22.8 Å². The predicted molar refractivity (Wildman–Crippen MR) is 150 cm³/mol. The molecule has 0 saturated heterocycles. The number of para-hydroxylation sites is 1. The molecule has 8 nitrogen and oxygen atoms in total. The van der Waals surface area contributed by atoms with Gasteiger partial charge in [0.05, 0.1) is 17.1 Å². The summed E-state index contributed by atoms with van der Waals surface area (Å²) >= 11 is 0. The van der Waals surface area contributed by atoms with E-state index in [1.165, 1.54) is 49.2 Å². The summed E-state index contributed by atoms with van der Waals surface area (Å²) in [6.07, 6.45) is 10.0. The number of anilines is 1. The summed E-state index contributed by atoms with van der Waals surface area (Å²) in [5.41, 5.74) is 1.62. The highest BCUT2D eigenvalue weighted by molar-refractivity contribution is 7.89. The zero-order valence-corrected chi connectivity index (χ0v) is 23.3. The molecule has 1 aliphatic heterocycles. The van der Waals surface area contributed by atoms with Crippen LogP contribution in [0.15, 0.2) is 65.8 Å². The molecule has 4 bridgehead atoms. The lowest BCUT2D eigenvalue weighted by Gasteiger charge is -2.56. The summed E-state index contributed by atoms with van der Waals surface area (Å²) in [6, 6.07) is 15.8. The van der Waals surface area contributed by atoms with Crippen LogP contribution in [0.5, 0.6) is 11.5 Å². The molecule has 1 amide bonds. The van der Waals surface area contributed by atoms with Crippen LogP contribution in [0.3, 0.4) is 0 Å². The lowest BCUT2D eigenvalue weighted by molar-refractivity contribution is -0.124. The summed E-state index contributed by atoms with van der Waals surface area (Å²) in [5.74, 6) is 4.20. The van der Waals surface area contributed by atoms with E-state index in [2.05, 4.69) is 15.3 Å². The van der Waals surface area contributed by atoms with Gasteiger partial charge in [-0.3, -0.25) is 4.79 Å². The van der Waals surface area contributed by atoms with Crippen molar-refractivity contribution in [3.05, 3.63) is 72.2 Å². The summed E-state index contributed by atoms with van der Waals surface area (Å²) < 4.78 is 34.1. The number of aromatic nitrogens is 2. The molecule has 40 heavy (non-hydrogen) atoms. The monoisotopic (exact) mass is 558 g/mol. The van der Waals surface area contributed by atoms with E-state index in [4.69, 9.17) is 4.74 Å². The highest BCUT2D eigenvalue weighted by atomic mass is 32.2. The Balaban J connectivity index is 1.02. The molecule has 4 fully saturated rings.